The fourth-order valence-electron chi connectivity index (χ4n) is 1.29. The summed E-state index contributed by atoms with van der Waals surface area (Å²) in [6, 6.07) is 6.16. The number of hydrogen-bond acceptors (Lipinski definition) is 3. The van der Waals surface area contributed by atoms with Crippen LogP contribution in [0.15, 0.2) is 18.2 Å². The maximum atomic E-state index is 4.27. The minimum absolute atomic E-state index is 0.526. The molecule has 0 amide bonds. The molecule has 0 radical (unpaired) electrons. The zero-order valence-corrected chi connectivity index (χ0v) is 7.93. The summed E-state index contributed by atoms with van der Waals surface area (Å²) < 4.78 is 8.46. The molecule has 0 fully saturated rings. The van der Waals surface area contributed by atoms with E-state index >= 15 is 0 Å². The van der Waals surface area contributed by atoms with Gasteiger partial charge in [-0.15, -0.1) is 0 Å². The van der Waals surface area contributed by atoms with Gasteiger partial charge >= 0.3 is 0 Å². The summed E-state index contributed by atoms with van der Waals surface area (Å²) in [7, 11) is 0. The molecule has 0 saturated heterocycles. The Kier molecular flexibility index (Phi) is 1.81. The number of fused-ring (bicyclic) bond motifs is 1. The minimum atomic E-state index is 0.526. The summed E-state index contributed by atoms with van der Waals surface area (Å²) in [5.74, 6) is 0.526. The summed E-state index contributed by atoms with van der Waals surface area (Å²) in [5.41, 5.74) is 3.38. The van der Waals surface area contributed by atoms with E-state index in [0.29, 0.717) is 5.92 Å². The second kappa shape index (κ2) is 2.83. The van der Waals surface area contributed by atoms with Gasteiger partial charge in [0.25, 0.3) is 0 Å². The maximum Gasteiger partial charge on any atom is 0.108 e. The summed E-state index contributed by atoms with van der Waals surface area (Å²) in [6.45, 7) is 4.35. The standard InChI is InChI=1S/C9H10N2S/c1-6(2)7-4-3-5-8-9(7)11-12-10-8/h3-6H,1-2H3. The smallest absolute Gasteiger partial charge is 0.108 e. The summed E-state index contributed by atoms with van der Waals surface area (Å²) in [6.07, 6.45) is 0. The van der Waals surface area contributed by atoms with E-state index in [1.54, 1.807) is 0 Å². The van der Waals surface area contributed by atoms with E-state index in [1.807, 2.05) is 12.1 Å². The Morgan fingerprint density at radius 2 is 2.08 bits per heavy atom. The molecule has 0 aliphatic rings. The van der Waals surface area contributed by atoms with Crippen LogP contribution in [0.25, 0.3) is 11.0 Å². The molecule has 0 aliphatic carbocycles. The van der Waals surface area contributed by atoms with Gasteiger partial charge in [-0.3, -0.25) is 0 Å². The van der Waals surface area contributed by atoms with Crippen LogP contribution in [0, 0.1) is 0 Å². The second-order valence-electron chi connectivity index (χ2n) is 3.13. The zero-order chi connectivity index (χ0) is 8.55. The van der Waals surface area contributed by atoms with E-state index < -0.39 is 0 Å². The molecule has 62 valence electrons. The second-order valence-corrected chi connectivity index (χ2v) is 3.66. The number of hydrogen-bond donors (Lipinski definition) is 0. The van der Waals surface area contributed by atoms with Crippen molar-refractivity contribution in [3.8, 4) is 0 Å². The van der Waals surface area contributed by atoms with Crippen LogP contribution < -0.4 is 0 Å². The third-order valence-corrected chi connectivity index (χ3v) is 2.48. The highest BCUT2D eigenvalue weighted by Gasteiger charge is 2.06. The van der Waals surface area contributed by atoms with Gasteiger partial charge in [-0.1, -0.05) is 26.0 Å². The molecule has 0 spiro atoms. The first kappa shape index (κ1) is 7.68. The van der Waals surface area contributed by atoms with Gasteiger partial charge in [0.1, 0.15) is 11.0 Å². The van der Waals surface area contributed by atoms with E-state index in [2.05, 4.69) is 28.7 Å². The highest BCUT2D eigenvalue weighted by Crippen LogP contribution is 2.23. The lowest BCUT2D eigenvalue weighted by Gasteiger charge is -2.03. The SMILES string of the molecule is CC(C)c1cccc2nsnc12. The van der Waals surface area contributed by atoms with Crippen LogP contribution in [-0.4, -0.2) is 8.75 Å². The first-order chi connectivity index (χ1) is 5.79. The molecular weight excluding hydrogens is 168 g/mol. The summed E-state index contributed by atoms with van der Waals surface area (Å²) >= 11 is 1.28. The van der Waals surface area contributed by atoms with Crippen LogP contribution in [-0.2, 0) is 0 Å². The fourth-order valence-corrected chi connectivity index (χ4v) is 1.85. The molecule has 1 aromatic carbocycles. The van der Waals surface area contributed by atoms with Crippen molar-refractivity contribution in [1.82, 2.24) is 8.75 Å². The fraction of sp³-hybridized carbons (Fsp3) is 0.333. The number of benzene rings is 1. The molecule has 2 rings (SSSR count). The topological polar surface area (TPSA) is 25.8 Å². The molecule has 0 N–H and O–H groups in total. The highest BCUT2D eigenvalue weighted by atomic mass is 32.1. The Morgan fingerprint density at radius 1 is 1.25 bits per heavy atom. The average molecular weight is 178 g/mol. The van der Waals surface area contributed by atoms with Gasteiger partial charge < -0.3 is 0 Å². The van der Waals surface area contributed by atoms with E-state index in [4.69, 9.17) is 0 Å². The lowest BCUT2D eigenvalue weighted by molar-refractivity contribution is 0.874. The van der Waals surface area contributed by atoms with E-state index in [1.165, 1.54) is 17.3 Å². The molecular formula is C9H10N2S. The first-order valence-corrected chi connectivity index (χ1v) is 4.73. The predicted octanol–water partition coefficient (Wildman–Crippen LogP) is 2.81. The molecule has 0 aliphatic heterocycles. The van der Waals surface area contributed by atoms with Gasteiger partial charge in [-0.2, -0.15) is 8.75 Å². The van der Waals surface area contributed by atoms with Crippen molar-refractivity contribution in [1.29, 1.82) is 0 Å². The van der Waals surface area contributed by atoms with E-state index in [-0.39, 0.29) is 0 Å². The van der Waals surface area contributed by atoms with Crippen molar-refractivity contribution in [2.24, 2.45) is 0 Å². The Balaban J connectivity index is 2.73. The average Bonchev–Trinajstić information content (AvgIpc) is 2.49. The van der Waals surface area contributed by atoms with E-state index in [0.717, 1.165) is 11.0 Å². The molecule has 0 atom stereocenters. The molecule has 1 aromatic heterocycles. The normalized spacial score (nSPS) is 11.2. The number of aromatic nitrogens is 2. The molecule has 0 saturated carbocycles. The first-order valence-electron chi connectivity index (χ1n) is 4.00. The van der Waals surface area contributed by atoms with E-state index in [9.17, 15) is 0 Å². The summed E-state index contributed by atoms with van der Waals surface area (Å²) in [4.78, 5) is 0. The minimum Gasteiger partial charge on any atom is -0.173 e. The largest absolute Gasteiger partial charge is 0.173 e. The van der Waals surface area contributed by atoms with Crippen LogP contribution in [0.4, 0.5) is 0 Å². The Bertz CT molecular complexity index is 392. The molecule has 12 heavy (non-hydrogen) atoms. The molecule has 1 heterocycles. The number of rotatable bonds is 1. The van der Waals surface area contributed by atoms with Crippen LogP contribution in [0.2, 0.25) is 0 Å². The van der Waals surface area contributed by atoms with Crippen molar-refractivity contribution < 1.29 is 0 Å². The van der Waals surface area contributed by atoms with Crippen LogP contribution >= 0.6 is 11.7 Å². The Morgan fingerprint density at radius 3 is 2.83 bits per heavy atom. The lowest BCUT2D eigenvalue weighted by Crippen LogP contribution is -1.87. The van der Waals surface area contributed by atoms with Crippen molar-refractivity contribution in [2.75, 3.05) is 0 Å². The molecule has 2 nitrogen and oxygen atoms in total. The molecule has 2 aromatic rings. The molecule has 0 unspecified atom stereocenters. The van der Waals surface area contributed by atoms with Gasteiger partial charge in [0.15, 0.2) is 0 Å². The maximum absolute atomic E-state index is 4.27. The monoisotopic (exact) mass is 178 g/mol. The van der Waals surface area contributed by atoms with Gasteiger partial charge in [0.05, 0.1) is 11.7 Å². The lowest BCUT2D eigenvalue weighted by atomic mass is 10.0. The highest BCUT2D eigenvalue weighted by molar-refractivity contribution is 7.00. The van der Waals surface area contributed by atoms with Crippen molar-refractivity contribution >= 4 is 22.8 Å². The van der Waals surface area contributed by atoms with Gasteiger partial charge in [-0.05, 0) is 17.5 Å². The number of nitrogens with zero attached hydrogens (tertiary/aromatic N) is 2. The van der Waals surface area contributed by atoms with Crippen LogP contribution in [0.5, 0.6) is 0 Å². The van der Waals surface area contributed by atoms with Crippen molar-refractivity contribution in [3.05, 3.63) is 23.8 Å². The molecule has 3 heteroatoms. The molecule has 0 bridgehead atoms. The van der Waals surface area contributed by atoms with Gasteiger partial charge in [0.2, 0.25) is 0 Å². The summed E-state index contributed by atoms with van der Waals surface area (Å²) in [5, 5.41) is 0. The van der Waals surface area contributed by atoms with Crippen LogP contribution in [0.1, 0.15) is 25.3 Å². The quantitative estimate of drug-likeness (QED) is 0.671. The van der Waals surface area contributed by atoms with Crippen LogP contribution in [0.3, 0.4) is 0 Å². The van der Waals surface area contributed by atoms with Gasteiger partial charge in [0, 0.05) is 0 Å². The van der Waals surface area contributed by atoms with Crippen molar-refractivity contribution in [3.63, 3.8) is 0 Å². The zero-order valence-electron chi connectivity index (χ0n) is 7.11. The predicted molar refractivity (Wildman–Crippen MR) is 51.5 cm³/mol. The van der Waals surface area contributed by atoms with Gasteiger partial charge in [-0.25, -0.2) is 0 Å². The third-order valence-electron chi connectivity index (χ3n) is 1.94. The Hall–Kier alpha value is -0.960. The van der Waals surface area contributed by atoms with Crippen molar-refractivity contribution in [2.45, 2.75) is 19.8 Å². The third kappa shape index (κ3) is 1.10. The Labute approximate surface area is 75.6 Å².